The van der Waals surface area contributed by atoms with Crippen molar-refractivity contribution in [2.75, 3.05) is 0 Å². The van der Waals surface area contributed by atoms with Crippen LogP contribution in [0.4, 0.5) is 0 Å². The van der Waals surface area contributed by atoms with E-state index in [1.54, 1.807) is 19.2 Å². The number of pyridine rings is 1. The summed E-state index contributed by atoms with van der Waals surface area (Å²) in [5.74, 6) is 0.482. The molecule has 0 unspecified atom stereocenters. The van der Waals surface area contributed by atoms with E-state index in [1.807, 2.05) is 18.2 Å². The number of aromatic amines is 1. The summed E-state index contributed by atoms with van der Waals surface area (Å²) in [5, 5.41) is 1.45. The maximum absolute atomic E-state index is 11.8. The number of aromatic nitrogens is 3. The van der Waals surface area contributed by atoms with Crippen LogP contribution in [0.25, 0.3) is 22.3 Å². The highest BCUT2D eigenvalue weighted by Gasteiger charge is 2.12. The van der Waals surface area contributed by atoms with Crippen molar-refractivity contribution in [3.05, 3.63) is 56.0 Å². The molecule has 0 aliphatic carbocycles. The third-order valence-electron chi connectivity index (χ3n) is 3.00. The van der Waals surface area contributed by atoms with Crippen LogP contribution >= 0.6 is 27.5 Å². The average Bonchev–Trinajstić information content (AvgIpc) is 2.45. The first kappa shape index (κ1) is 13.3. The van der Waals surface area contributed by atoms with Crippen molar-refractivity contribution < 1.29 is 0 Å². The highest BCUT2D eigenvalue weighted by Crippen LogP contribution is 2.29. The summed E-state index contributed by atoms with van der Waals surface area (Å²) in [6, 6.07) is 7.29. The quantitative estimate of drug-likeness (QED) is 0.728. The molecule has 1 N–H and O–H groups in total. The Kier molecular flexibility index (Phi) is 3.31. The SMILES string of the molecule is Cc1nc(-c2ccc(Cl)c3cccnc23)[nH]c(=O)c1Br. The zero-order valence-corrected chi connectivity index (χ0v) is 12.8. The summed E-state index contributed by atoms with van der Waals surface area (Å²) in [5.41, 5.74) is 1.87. The number of hydrogen-bond donors (Lipinski definition) is 1. The molecule has 0 saturated carbocycles. The van der Waals surface area contributed by atoms with Crippen molar-refractivity contribution in [1.82, 2.24) is 15.0 Å². The monoisotopic (exact) mass is 349 g/mol. The van der Waals surface area contributed by atoms with Crippen LogP contribution in [0.15, 0.2) is 39.7 Å². The first-order valence-electron chi connectivity index (χ1n) is 5.88. The number of benzene rings is 1. The Morgan fingerprint density at radius 1 is 1.30 bits per heavy atom. The van der Waals surface area contributed by atoms with Crippen LogP contribution in [0.5, 0.6) is 0 Å². The molecule has 6 heteroatoms. The van der Waals surface area contributed by atoms with Crippen LogP contribution in [0.2, 0.25) is 5.02 Å². The molecule has 0 atom stereocenters. The fourth-order valence-electron chi connectivity index (χ4n) is 2.03. The fraction of sp³-hybridized carbons (Fsp3) is 0.0714. The molecule has 0 fully saturated rings. The van der Waals surface area contributed by atoms with Crippen LogP contribution in [0.3, 0.4) is 0 Å². The van der Waals surface area contributed by atoms with Crippen molar-refractivity contribution in [1.29, 1.82) is 0 Å². The summed E-state index contributed by atoms with van der Waals surface area (Å²) in [7, 11) is 0. The number of rotatable bonds is 1. The maximum atomic E-state index is 11.8. The van der Waals surface area contributed by atoms with Gasteiger partial charge in [-0.2, -0.15) is 0 Å². The van der Waals surface area contributed by atoms with E-state index >= 15 is 0 Å². The Bertz CT molecular complexity index is 876. The molecular formula is C14H9BrClN3O. The van der Waals surface area contributed by atoms with E-state index in [9.17, 15) is 4.79 Å². The van der Waals surface area contributed by atoms with Gasteiger partial charge in [-0.3, -0.25) is 9.78 Å². The van der Waals surface area contributed by atoms with Gasteiger partial charge >= 0.3 is 0 Å². The summed E-state index contributed by atoms with van der Waals surface area (Å²) in [4.78, 5) is 23.3. The van der Waals surface area contributed by atoms with Crippen LogP contribution in [0.1, 0.15) is 5.69 Å². The molecule has 0 amide bonds. The Hall–Kier alpha value is -1.72. The van der Waals surface area contributed by atoms with E-state index in [0.29, 0.717) is 26.5 Å². The predicted octanol–water partition coefficient (Wildman–Crippen LogP) is 3.71. The summed E-state index contributed by atoms with van der Waals surface area (Å²) in [6.07, 6.45) is 1.69. The molecule has 0 spiro atoms. The highest BCUT2D eigenvalue weighted by atomic mass is 79.9. The van der Waals surface area contributed by atoms with Gasteiger partial charge in [-0.15, -0.1) is 0 Å². The molecule has 0 radical (unpaired) electrons. The number of aryl methyl sites for hydroxylation is 1. The first-order chi connectivity index (χ1) is 9.58. The molecule has 3 rings (SSSR count). The number of hydrogen-bond acceptors (Lipinski definition) is 3. The lowest BCUT2D eigenvalue weighted by Crippen LogP contribution is -2.12. The Labute approximate surface area is 128 Å². The molecule has 2 aromatic heterocycles. The van der Waals surface area contributed by atoms with Gasteiger partial charge in [0, 0.05) is 17.1 Å². The Morgan fingerprint density at radius 2 is 2.10 bits per heavy atom. The maximum Gasteiger partial charge on any atom is 0.265 e. The lowest BCUT2D eigenvalue weighted by molar-refractivity contribution is 1.05. The molecule has 20 heavy (non-hydrogen) atoms. The van der Waals surface area contributed by atoms with Crippen molar-refractivity contribution in [2.45, 2.75) is 6.92 Å². The van der Waals surface area contributed by atoms with Crippen molar-refractivity contribution >= 4 is 38.4 Å². The van der Waals surface area contributed by atoms with E-state index in [4.69, 9.17) is 11.6 Å². The molecule has 3 aromatic rings. The average molecular weight is 351 g/mol. The number of nitrogens with zero attached hydrogens (tertiary/aromatic N) is 2. The van der Waals surface area contributed by atoms with Crippen LogP contribution in [0, 0.1) is 6.92 Å². The molecular weight excluding hydrogens is 342 g/mol. The minimum absolute atomic E-state index is 0.216. The van der Waals surface area contributed by atoms with Crippen molar-refractivity contribution in [2.24, 2.45) is 0 Å². The first-order valence-corrected chi connectivity index (χ1v) is 7.05. The Balaban J connectivity index is 2.36. The Morgan fingerprint density at radius 3 is 2.85 bits per heavy atom. The minimum atomic E-state index is -0.216. The van der Waals surface area contributed by atoms with Crippen molar-refractivity contribution in [3.63, 3.8) is 0 Å². The van der Waals surface area contributed by atoms with E-state index < -0.39 is 0 Å². The van der Waals surface area contributed by atoms with Gasteiger partial charge in [0.15, 0.2) is 0 Å². The van der Waals surface area contributed by atoms with Gasteiger partial charge in [0.1, 0.15) is 10.3 Å². The molecule has 2 heterocycles. The molecule has 0 aliphatic heterocycles. The second-order valence-corrected chi connectivity index (χ2v) is 5.51. The summed E-state index contributed by atoms with van der Waals surface area (Å²) in [6.45, 7) is 1.77. The standard InChI is InChI=1S/C14H9BrClN3O/c1-7-11(15)14(20)19-13(18-7)9-4-5-10(16)8-3-2-6-17-12(8)9/h2-6H,1H3,(H,18,19,20). The smallest absolute Gasteiger partial charge is 0.265 e. The van der Waals surface area contributed by atoms with Gasteiger partial charge in [0.05, 0.1) is 16.2 Å². The van der Waals surface area contributed by atoms with Gasteiger partial charge in [-0.25, -0.2) is 4.98 Å². The molecule has 4 nitrogen and oxygen atoms in total. The number of halogens is 2. The normalized spacial score (nSPS) is 10.9. The van der Waals surface area contributed by atoms with Crippen LogP contribution in [-0.2, 0) is 0 Å². The topological polar surface area (TPSA) is 58.6 Å². The highest BCUT2D eigenvalue weighted by molar-refractivity contribution is 9.10. The zero-order chi connectivity index (χ0) is 14.3. The minimum Gasteiger partial charge on any atom is -0.305 e. The molecule has 1 aromatic carbocycles. The van der Waals surface area contributed by atoms with Crippen LogP contribution < -0.4 is 5.56 Å². The second kappa shape index (κ2) is 5.00. The lowest BCUT2D eigenvalue weighted by atomic mass is 10.1. The van der Waals surface area contributed by atoms with E-state index in [-0.39, 0.29) is 5.56 Å². The molecule has 0 saturated heterocycles. The van der Waals surface area contributed by atoms with Gasteiger partial charge < -0.3 is 4.98 Å². The zero-order valence-electron chi connectivity index (χ0n) is 10.4. The molecule has 0 bridgehead atoms. The van der Waals surface area contributed by atoms with E-state index in [1.165, 1.54) is 0 Å². The molecule has 0 aliphatic rings. The van der Waals surface area contributed by atoms with Gasteiger partial charge in [-0.05, 0) is 47.1 Å². The van der Waals surface area contributed by atoms with Gasteiger partial charge in [-0.1, -0.05) is 11.6 Å². The second-order valence-electron chi connectivity index (χ2n) is 4.31. The summed E-state index contributed by atoms with van der Waals surface area (Å²) < 4.78 is 0.437. The van der Waals surface area contributed by atoms with Gasteiger partial charge in [0.2, 0.25) is 0 Å². The lowest BCUT2D eigenvalue weighted by Gasteiger charge is -2.07. The van der Waals surface area contributed by atoms with Crippen LogP contribution in [-0.4, -0.2) is 15.0 Å². The van der Waals surface area contributed by atoms with Crippen molar-refractivity contribution in [3.8, 4) is 11.4 Å². The third kappa shape index (κ3) is 2.13. The largest absolute Gasteiger partial charge is 0.305 e. The summed E-state index contributed by atoms with van der Waals surface area (Å²) >= 11 is 9.37. The fourth-order valence-corrected chi connectivity index (χ4v) is 2.43. The third-order valence-corrected chi connectivity index (χ3v) is 4.26. The van der Waals surface area contributed by atoms with E-state index in [0.717, 1.165) is 10.9 Å². The molecule has 100 valence electrons. The van der Waals surface area contributed by atoms with E-state index in [2.05, 4.69) is 30.9 Å². The number of H-pyrrole nitrogens is 1. The number of fused-ring (bicyclic) bond motifs is 1. The number of nitrogens with one attached hydrogen (secondary N) is 1. The predicted molar refractivity (Wildman–Crippen MR) is 83.0 cm³/mol. The van der Waals surface area contributed by atoms with Gasteiger partial charge in [0.25, 0.3) is 5.56 Å².